The van der Waals surface area contributed by atoms with E-state index in [9.17, 15) is 48.6 Å². The molecule has 0 aromatic rings. The number of primary amides is 1. The van der Waals surface area contributed by atoms with Gasteiger partial charge >= 0.3 is 5.97 Å². The Morgan fingerprint density at radius 2 is 1.33 bits per heavy atom. The molecule has 0 spiro atoms. The molecule has 1 rings (SSSR count). The average Bonchev–Trinajstić information content (AvgIpc) is 3.60. The standard InChI is InChI=1S/C39H70N8O11/c1-11-23(8)33(38(56)45-32(22(6)7)39(57)58-10)46-37(55)29-13-12-14-47(29)18-30(50)25(15-20(2)3)42-35(53)27(17-31(40)51)44-34(52)26(16-21(4)5)43-36(54)28(19-48)41-24(9)49/h20-23,25-30,32-33,48,50H,11-19H2,1-10H3,(H2,40,51)(H,41,49)(H,42,53)(H,43,54)(H,44,52)(H,45,56)(H,46,55)/t23-,25-,26-,27-,28-,29-,30-,32-,33-/m0/s1. The number of likely N-dealkylation sites (tertiary alicyclic amines) is 1. The molecular formula is C39H70N8O11. The highest BCUT2D eigenvalue weighted by molar-refractivity contribution is 5.96. The number of nitrogens with zero attached hydrogens (tertiary/aromatic N) is 1. The number of nitrogens with one attached hydrogen (secondary N) is 6. The molecule has 0 aromatic heterocycles. The molecule has 0 aliphatic carbocycles. The SMILES string of the molecule is CC[C@H](C)[C@H](NC(=O)[C@@H]1CCCN1C[C@H](O)[C@H](CC(C)C)NC(=O)[C@H](CC(N)=O)NC(=O)[C@H](CC(C)C)NC(=O)[C@H](CO)NC(C)=O)C(=O)N[C@H](C(=O)OC)C(C)C. The summed E-state index contributed by atoms with van der Waals surface area (Å²) in [5, 5.41) is 36.8. The van der Waals surface area contributed by atoms with Crippen LogP contribution in [0.15, 0.2) is 0 Å². The second-order valence-corrected chi connectivity index (χ2v) is 16.4. The Balaban J connectivity index is 3.23. The van der Waals surface area contributed by atoms with Crippen LogP contribution in [-0.2, 0) is 43.1 Å². The van der Waals surface area contributed by atoms with Gasteiger partial charge in [-0.2, -0.15) is 0 Å². The molecule has 0 unspecified atom stereocenters. The molecule has 1 aliphatic rings. The summed E-state index contributed by atoms with van der Waals surface area (Å²) in [6.07, 6.45) is 0.174. The molecular weight excluding hydrogens is 756 g/mol. The van der Waals surface area contributed by atoms with Gasteiger partial charge in [-0.3, -0.25) is 38.5 Å². The summed E-state index contributed by atoms with van der Waals surface area (Å²) in [7, 11) is 1.23. The van der Waals surface area contributed by atoms with E-state index >= 15 is 0 Å². The van der Waals surface area contributed by atoms with Gasteiger partial charge in [0.1, 0.15) is 30.2 Å². The van der Waals surface area contributed by atoms with Crippen LogP contribution >= 0.6 is 0 Å². The van der Waals surface area contributed by atoms with Crippen molar-refractivity contribution in [3.8, 4) is 0 Å². The Kier molecular flexibility index (Phi) is 22.4. The summed E-state index contributed by atoms with van der Waals surface area (Å²) in [6, 6.07) is -7.52. The van der Waals surface area contributed by atoms with Crippen LogP contribution in [0.2, 0.25) is 0 Å². The molecule has 0 radical (unpaired) electrons. The van der Waals surface area contributed by atoms with Crippen molar-refractivity contribution < 1.29 is 53.3 Å². The molecule has 1 heterocycles. The Morgan fingerprint density at radius 1 is 0.759 bits per heavy atom. The second-order valence-electron chi connectivity index (χ2n) is 16.4. The largest absolute Gasteiger partial charge is 0.467 e. The van der Waals surface area contributed by atoms with Gasteiger partial charge in [0.2, 0.25) is 41.4 Å². The first-order chi connectivity index (χ1) is 27.1. The molecule has 1 saturated heterocycles. The number of nitrogens with two attached hydrogens (primary N) is 1. The Labute approximate surface area is 342 Å². The number of hydrogen-bond acceptors (Lipinski definition) is 12. The Bertz CT molecular complexity index is 1410. The summed E-state index contributed by atoms with van der Waals surface area (Å²) >= 11 is 0. The molecule has 9 atom stereocenters. The topological polar surface area (TPSA) is 288 Å². The number of aliphatic hydroxyl groups excluding tert-OH is 2. The lowest BCUT2D eigenvalue weighted by Crippen LogP contribution is -2.60. The molecule has 7 amide bonds. The quantitative estimate of drug-likeness (QED) is 0.0480. The van der Waals surface area contributed by atoms with Crippen LogP contribution in [-0.4, -0.2) is 138 Å². The zero-order valence-corrected chi connectivity index (χ0v) is 35.9. The number of ether oxygens (including phenoxy) is 1. The maximum absolute atomic E-state index is 13.8. The number of carbonyl (C=O) groups excluding carboxylic acids is 8. The van der Waals surface area contributed by atoms with Gasteiger partial charge in [-0.15, -0.1) is 0 Å². The minimum atomic E-state index is -1.49. The van der Waals surface area contributed by atoms with Crippen LogP contribution in [0.5, 0.6) is 0 Å². The van der Waals surface area contributed by atoms with Crippen molar-refractivity contribution in [1.82, 2.24) is 36.8 Å². The summed E-state index contributed by atoms with van der Waals surface area (Å²) < 4.78 is 4.85. The van der Waals surface area contributed by atoms with Gasteiger partial charge in [0, 0.05) is 13.5 Å². The van der Waals surface area contributed by atoms with E-state index < -0.39 is 109 Å². The van der Waals surface area contributed by atoms with Crippen molar-refractivity contribution >= 4 is 47.3 Å². The first kappa shape index (κ1) is 51.7. The number of carbonyl (C=O) groups is 8. The molecule has 1 fully saturated rings. The predicted octanol–water partition coefficient (Wildman–Crippen LogP) is -1.42. The van der Waals surface area contributed by atoms with Crippen molar-refractivity contribution in [2.24, 2.45) is 29.4 Å². The van der Waals surface area contributed by atoms with Crippen LogP contribution in [0.4, 0.5) is 0 Å². The van der Waals surface area contributed by atoms with E-state index in [1.165, 1.54) is 7.11 Å². The summed E-state index contributed by atoms with van der Waals surface area (Å²) in [6.45, 7) is 15.4. The monoisotopic (exact) mass is 827 g/mol. The van der Waals surface area contributed by atoms with Gasteiger partial charge in [-0.25, -0.2) is 4.79 Å². The third-order valence-electron chi connectivity index (χ3n) is 10.1. The smallest absolute Gasteiger partial charge is 0.328 e. The van der Waals surface area contributed by atoms with Crippen LogP contribution in [0.25, 0.3) is 0 Å². The fourth-order valence-electron chi connectivity index (χ4n) is 6.73. The number of β-amino-alcohol motifs (C(OH)–C–C–N with tert-alkyl or cyclic N) is 1. The minimum Gasteiger partial charge on any atom is -0.467 e. The van der Waals surface area contributed by atoms with E-state index in [2.05, 4.69) is 31.9 Å². The zero-order valence-electron chi connectivity index (χ0n) is 35.9. The van der Waals surface area contributed by atoms with Gasteiger partial charge in [0.25, 0.3) is 0 Å². The van der Waals surface area contributed by atoms with Gasteiger partial charge in [0.05, 0.1) is 38.3 Å². The van der Waals surface area contributed by atoms with Crippen LogP contribution < -0.4 is 37.6 Å². The van der Waals surface area contributed by atoms with Crippen molar-refractivity contribution in [2.75, 3.05) is 26.8 Å². The first-order valence-electron chi connectivity index (χ1n) is 20.2. The van der Waals surface area contributed by atoms with E-state index in [-0.39, 0.29) is 43.1 Å². The van der Waals surface area contributed by atoms with Gasteiger partial charge in [-0.1, -0.05) is 61.8 Å². The lowest BCUT2D eigenvalue weighted by molar-refractivity contribution is -0.147. The molecule has 10 N–H and O–H groups in total. The van der Waals surface area contributed by atoms with Crippen LogP contribution in [0.3, 0.4) is 0 Å². The lowest BCUT2D eigenvalue weighted by Gasteiger charge is -2.33. The van der Waals surface area contributed by atoms with Crippen LogP contribution in [0.1, 0.15) is 101 Å². The van der Waals surface area contributed by atoms with Crippen molar-refractivity contribution in [2.45, 2.75) is 149 Å². The van der Waals surface area contributed by atoms with Gasteiger partial charge in [-0.05, 0) is 55.9 Å². The summed E-state index contributed by atoms with van der Waals surface area (Å²) in [4.78, 5) is 105. The number of rotatable bonds is 25. The number of methoxy groups -OCH3 is 1. The lowest BCUT2D eigenvalue weighted by atomic mass is 9.96. The normalized spacial score (nSPS) is 18.5. The number of hydrogen-bond donors (Lipinski definition) is 9. The highest BCUT2D eigenvalue weighted by Crippen LogP contribution is 2.21. The van der Waals surface area contributed by atoms with E-state index in [1.807, 2.05) is 27.7 Å². The van der Waals surface area contributed by atoms with Gasteiger partial charge < -0.3 is 52.6 Å². The molecule has 19 heteroatoms. The Hall–Kier alpha value is -4.36. The predicted molar refractivity (Wildman–Crippen MR) is 214 cm³/mol. The van der Waals surface area contributed by atoms with E-state index in [0.29, 0.717) is 25.8 Å². The zero-order chi connectivity index (χ0) is 44.4. The highest BCUT2D eigenvalue weighted by Gasteiger charge is 2.39. The molecule has 0 saturated carbocycles. The maximum Gasteiger partial charge on any atom is 0.328 e. The molecule has 19 nitrogen and oxygen atoms in total. The van der Waals surface area contributed by atoms with Gasteiger partial charge in [0.15, 0.2) is 0 Å². The summed E-state index contributed by atoms with van der Waals surface area (Å²) in [5.41, 5.74) is 5.46. The third kappa shape index (κ3) is 17.2. The number of aliphatic hydroxyl groups is 2. The maximum atomic E-state index is 13.8. The van der Waals surface area contributed by atoms with Crippen molar-refractivity contribution in [1.29, 1.82) is 0 Å². The molecule has 1 aliphatic heterocycles. The second kappa shape index (κ2) is 25.2. The minimum absolute atomic E-state index is 0.0371. The third-order valence-corrected chi connectivity index (χ3v) is 10.1. The Morgan fingerprint density at radius 3 is 1.83 bits per heavy atom. The van der Waals surface area contributed by atoms with E-state index in [1.54, 1.807) is 32.6 Å². The van der Waals surface area contributed by atoms with Crippen molar-refractivity contribution in [3.63, 3.8) is 0 Å². The van der Waals surface area contributed by atoms with E-state index in [0.717, 1.165) is 6.92 Å². The molecule has 332 valence electrons. The van der Waals surface area contributed by atoms with Crippen LogP contribution in [0, 0.1) is 23.7 Å². The van der Waals surface area contributed by atoms with Crippen molar-refractivity contribution in [3.05, 3.63) is 0 Å². The number of esters is 1. The number of amides is 7. The average molecular weight is 827 g/mol. The molecule has 0 bridgehead atoms. The fourth-order valence-corrected chi connectivity index (χ4v) is 6.73. The molecule has 58 heavy (non-hydrogen) atoms. The van der Waals surface area contributed by atoms with E-state index in [4.69, 9.17) is 10.5 Å². The first-order valence-corrected chi connectivity index (χ1v) is 20.2. The summed E-state index contributed by atoms with van der Waals surface area (Å²) in [5.74, 6) is -6.22. The fraction of sp³-hybridized carbons (Fsp3) is 0.795. The highest BCUT2D eigenvalue weighted by atomic mass is 16.5. The molecule has 0 aromatic carbocycles.